The molecule has 0 saturated heterocycles. The van der Waals surface area contributed by atoms with E-state index in [-0.39, 0.29) is 5.78 Å². The van der Waals surface area contributed by atoms with Crippen LogP contribution >= 0.6 is 0 Å². The number of Topliss-reactive ketones (excluding diaryl/α,β-unsaturated/α-hetero) is 1. The Hall–Kier alpha value is -3.54. The largest absolute Gasteiger partial charge is 0.452 e. The minimum atomic E-state index is -0.672. The maximum atomic E-state index is 13.2. The van der Waals surface area contributed by atoms with Crippen LogP contribution in [0.3, 0.4) is 0 Å². The molecule has 0 spiro atoms. The fraction of sp³-hybridized carbons (Fsp3) is 0.333. The number of esters is 1. The van der Waals surface area contributed by atoms with Crippen LogP contribution < -0.4 is 5.32 Å². The van der Waals surface area contributed by atoms with Crippen LogP contribution in [-0.4, -0.2) is 35.3 Å². The Balaban J connectivity index is 1.49. The summed E-state index contributed by atoms with van der Waals surface area (Å²) in [4.78, 5) is 42.5. The number of para-hydroxylation sites is 1. The minimum Gasteiger partial charge on any atom is -0.452 e. The van der Waals surface area contributed by atoms with Gasteiger partial charge in [0.05, 0.1) is 17.1 Å². The van der Waals surface area contributed by atoms with Gasteiger partial charge in [-0.2, -0.15) is 0 Å². The number of carbonyl (C=O) groups excluding carboxylic acids is 3. The lowest BCUT2D eigenvalue weighted by molar-refractivity contribution is -0.128. The highest BCUT2D eigenvalue weighted by molar-refractivity contribution is 6.05. The Kier molecular flexibility index (Phi) is 6.82. The third-order valence-corrected chi connectivity index (χ3v) is 6.15. The van der Waals surface area contributed by atoms with Crippen LogP contribution in [-0.2, 0) is 33.6 Å². The fourth-order valence-corrected chi connectivity index (χ4v) is 4.38. The molecule has 1 N–H and O–H groups in total. The number of fused-ring (bicyclic) bond motifs is 2. The molecular formula is C27H28N2O4. The number of rotatable bonds is 7. The van der Waals surface area contributed by atoms with Crippen LogP contribution in [0.1, 0.15) is 47.4 Å². The summed E-state index contributed by atoms with van der Waals surface area (Å²) in [6.45, 7) is 3.16. The predicted octanol–water partition coefficient (Wildman–Crippen LogP) is 3.83. The molecule has 2 aromatic carbocycles. The number of amides is 1. The molecule has 2 unspecified atom stereocenters. The van der Waals surface area contributed by atoms with Gasteiger partial charge in [-0.05, 0) is 55.7 Å². The topological polar surface area (TPSA) is 85.4 Å². The molecule has 0 bridgehead atoms. The van der Waals surface area contributed by atoms with Crippen LogP contribution in [0, 0.1) is 5.92 Å². The second kappa shape index (κ2) is 9.94. The predicted molar refractivity (Wildman–Crippen MR) is 126 cm³/mol. The van der Waals surface area contributed by atoms with Gasteiger partial charge in [0.1, 0.15) is 0 Å². The average Bonchev–Trinajstić information content (AvgIpc) is 2.81. The molecule has 33 heavy (non-hydrogen) atoms. The van der Waals surface area contributed by atoms with Crippen molar-refractivity contribution in [2.45, 2.75) is 45.6 Å². The number of ether oxygens (including phenoxy) is 1. The van der Waals surface area contributed by atoms with Crippen molar-refractivity contribution in [2.24, 2.45) is 5.92 Å². The summed E-state index contributed by atoms with van der Waals surface area (Å²) in [5, 5.41) is 3.44. The Bertz CT molecular complexity index is 1190. The molecule has 0 fully saturated rings. The smallest absolute Gasteiger partial charge is 0.339 e. The van der Waals surface area contributed by atoms with Crippen molar-refractivity contribution < 1.29 is 19.1 Å². The highest BCUT2D eigenvalue weighted by atomic mass is 16.5. The van der Waals surface area contributed by atoms with Gasteiger partial charge < -0.3 is 10.1 Å². The zero-order valence-electron chi connectivity index (χ0n) is 19.0. The number of ketones is 1. The average molecular weight is 445 g/mol. The van der Waals surface area contributed by atoms with Crippen molar-refractivity contribution in [3.63, 3.8) is 0 Å². The first-order chi connectivity index (χ1) is 15.9. The summed E-state index contributed by atoms with van der Waals surface area (Å²) in [5.74, 6) is -0.733. The molecule has 1 aliphatic rings. The fourth-order valence-electron chi connectivity index (χ4n) is 4.38. The second-order valence-electron chi connectivity index (χ2n) is 8.77. The number of hydrogen-bond acceptors (Lipinski definition) is 5. The van der Waals surface area contributed by atoms with Crippen LogP contribution in [0.4, 0.5) is 0 Å². The molecule has 3 aromatic rings. The first-order valence-electron chi connectivity index (χ1n) is 11.3. The van der Waals surface area contributed by atoms with E-state index < -0.39 is 24.5 Å². The zero-order chi connectivity index (χ0) is 23.4. The Morgan fingerprint density at radius 1 is 1.09 bits per heavy atom. The molecule has 4 rings (SSSR count). The maximum absolute atomic E-state index is 13.2. The van der Waals surface area contributed by atoms with Crippen molar-refractivity contribution in [3.8, 4) is 0 Å². The molecule has 0 aliphatic heterocycles. The summed E-state index contributed by atoms with van der Waals surface area (Å²) in [6.07, 6.45) is 2.99. The molecule has 2 atom stereocenters. The molecule has 6 heteroatoms. The molecule has 1 aliphatic carbocycles. The van der Waals surface area contributed by atoms with Crippen molar-refractivity contribution in [1.82, 2.24) is 10.3 Å². The standard InChI is InChI=1S/C27H28N2O4/c1-17-12-13-23-21(14-17)26(20-10-6-7-11-22(20)28-23)27(32)33-16-25(31)29-24(18(2)30)15-19-8-4-3-5-9-19/h3-11,17,24H,12-16H2,1-2H3,(H,29,31). The SMILES string of the molecule is CC(=O)C(Cc1ccccc1)NC(=O)COC(=O)c1c2c(nc3ccccc13)CCC(C)C2. The van der Waals surface area contributed by atoms with E-state index in [2.05, 4.69) is 12.2 Å². The Morgan fingerprint density at radius 3 is 2.58 bits per heavy atom. The lowest BCUT2D eigenvalue weighted by atomic mass is 9.84. The number of nitrogens with one attached hydrogen (secondary N) is 1. The summed E-state index contributed by atoms with van der Waals surface area (Å²) >= 11 is 0. The van der Waals surface area contributed by atoms with E-state index in [1.165, 1.54) is 6.92 Å². The van der Waals surface area contributed by atoms with Gasteiger partial charge in [0.15, 0.2) is 12.4 Å². The normalized spacial score (nSPS) is 16.0. The van der Waals surface area contributed by atoms with Gasteiger partial charge >= 0.3 is 5.97 Å². The highest BCUT2D eigenvalue weighted by Crippen LogP contribution is 2.32. The van der Waals surface area contributed by atoms with E-state index in [4.69, 9.17) is 9.72 Å². The summed E-state index contributed by atoms with van der Waals surface area (Å²) in [7, 11) is 0. The number of nitrogens with zero attached hydrogens (tertiary/aromatic N) is 1. The number of aryl methyl sites for hydroxylation is 1. The van der Waals surface area contributed by atoms with Gasteiger partial charge in [0.2, 0.25) is 0 Å². The van der Waals surface area contributed by atoms with Crippen LogP contribution in [0.5, 0.6) is 0 Å². The first-order valence-corrected chi connectivity index (χ1v) is 11.3. The van der Waals surface area contributed by atoms with Gasteiger partial charge in [0, 0.05) is 11.1 Å². The maximum Gasteiger partial charge on any atom is 0.339 e. The third-order valence-electron chi connectivity index (χ3n) is 6.15. The highest BCUT2D eigenvalue weighted by Gasteiger charge is 2.27. The number of pyridine rings is 1. The molecule has 0 radical (unpaired) electrons. The van der Waals surface area contributed by atoms with Crippen LogP contribution in [0.25, 0.3) is 10.9 Å². The van der Waals surface area contributed by atoms with Crippen molar-refractivity contribution in [2.75, 3.05) is 6.61 Å². The minimum absolute atomic E-state index is 0.151. The number of benzene rings is 2. The van der Waals surface area contributed by atoms with Gasteiger partial charge in [-0.15, -0.1) is 0 Å². The van der Waals surface area contributed by atoms with E-state index in [0.29, 0.717) is 17.9 Å². The first kappa shape index (κ1) is 22.6. The quantitative estimate of drug-likeness (QED) is 0.560. The molecule has 170 valence electrons. The van der Waals surface area contributed by atoms with Crippen LogP contribution in [0.15, 0.2) is 54.6 Å². The molecule has 6 nitrogen and oxygen atoms in total. The van der Waals surface area contributed by atoms with Gasteiger partial charge in [-0.25, -0.2) is 4.79 Å². The van der Waals surface area contributed by atoms with E-state index in [9.17, 15) is 14.4 Å². The summed E-state index contributed by atoms with van der Waals surface area (Å²) < 4.78 is 5.44. The summed E-state index contributed by atoms with van der Waals surface area (Å²) in [5.41, 5.74) is 4.05. The van der Waals surface area contributed by atoms with E-state index in [1.807, 2.05) is 54.6 Å². The molecule has 1 amide bonds. The van der Waals surface area contributed by atoms with Crippen LogP contribution in [0.2, 0.25) is 0 Å². The monoisotopic (exact) mass is 444 g/mol. The lowest BCUT2D eigenvalue weighted by Crippen LogP contribution is -2.43. The number of hydrogen-bond donors (Lipinski definition) is 1. The third kappa shape index (κ3) is 5.28. The van der Waals surface area contributed by atoms with Gasteiger partial charge in [-0.1, -0.05) is 55.5 Å². The zero-order valence-corrected chi connectivity index (χ0v) is 19.0. The molecule has 0 saturated carbocycles. The van der Waals surface area contributed by atoms with Crippen molar-refractivity contribution in [1.29, 1.82) is 0 Å². The lowest BCUT2D eigenvalue weighted by Gasteiger charge is -2.24. The second-order valence-corrected chi connectivity index (χ2v) is 8.77. The van der Waals surface area contributed by atoms with E-state index in [0.717, 1.165) is 47.0 Å². The molecular weight excluding hydrogens is 416 g/mol. The number of carbonyl (C=O) groups is 3. The van der Waals surface area contributed by atoms with Gasteiger partial charge in [-0.3, -0.25) is 14.6 Å². The Morgan fingerprint density at radius 2 is 1.82 bits per heavy atom. The van der Waals surface area contributed by atoms with E-state index >= 15 is 0 Å². The van der Waals surface area contributed by atoms with Crippen molar-refractivity contribution >= 4 is 28.6 Å². The van der Waals surface area contributed by atoms with E-state index in [1.54, 1.807) is 0 Å². The molecule has 1 aromatic heterocycles. The van der Waals surface area contributed by atoms with Gasteiger partial charge in [0.25, 0.3) is 5.91 Å². The Labute approximate surface area is 193 Å². The number of aromatic nitrogens is 1. The molecule has 1 heterocycles. The van der Waals surface area contributed by atoms with Crippen molar-refractivity contribution in [3.05, 3.63) is 77.0 Å². The summed E-state index contributed by atoms with van der Waals surface area (Å²) in [6, 6.07) is 16.3.